The number of fused-ring (bicyclic) bond motifs is 4. The third kappa shape index (κ3) is 17.9. The maximum absolute atomic E-state index is 12.9. The van der Waals surface area contributed by atoms with Crippen LogP contribution in [0.3, 0.4) is 0 Å². The number of carbonyl (C=O) groups is 4. The van der Waals surface area contributed by atoms with Gasteiger partial charge in [-0.15, -0.1) is 0 Å². The van der Waals surface area contributed by atoms with Crippen molar-refractivity contribution in [2.45, 2.75) is 66.5 Å². The topological polar surface area (TPSA) is 263 Å². The highest BCUT2D eigenvalue weighted by Gasteiger charge is 2.16. The van der Waals surface area contributed by atoms with Crippen molar-refractivity contribution in [2.24, 2.45) is 0 Å². The van der Waals surface area contributed by atoms with Crippen molar-refractivity contribution < 1.29 is 38.1 Å². The molecule has 22 nitrogen and oxygen atoms in total. The quantitative estimate of drug-likeness (QED) is 0.0306. The van der Waals surface area contributed by atoms with E-state index in [0.717, 1.165) is 66.6 Å². The number of pyridine rings is 8. The number of aryl methyl sites for hydroxylation is 4. The first-order valence-corrected chi connectivity index (χ1v) is 29.1. The fourth-order valence-corrected chi connectivity index (χ4v) is 9.78. The Hall–Kier alpha value is -10.3. The molecule has 8 heterocycles. The monoisotopic (exact) mass is 1180 g/mol. The lowest BCUT2D eigenvalue weighted by molar-refractivity contribution is 0.140. The van der Waals surface area contributed by atoms with Crippen LogP contribution in [-0.2, 0) is 32.0 Å². The van der Waals surface area contributed by atoms with E-state index in [2.05, 4.69) is 107 Å². The number of carbonyl (C=O) groups excluding carboxylic acids is 4. The standard InChI is InChI=1S/C66H68N14O8/c1-43-15-19-49-23-27-55(71-59(49)67-43)75-63(81)85-35-7-31-79(32-8-36-86-64(82)76-56-28-24-50-20-16-44(2)68-60(50)72-56)41-47-11-5-13-53(39-47)54-14-6-12-48(40-54)42-80(33-9-37-87-65(83)77-57-29-25-51-21-17-45(3)69-61(51)73-57)34-10-38-88-66(84)78-58-30-26-52-22-18-46(4)70-62(52)74-58/h5-6,11-30,39-40H,7-10,31-38,41-42H2,1-4H3,(H,67,71,75,81)(H,68,72,76,82)(H,69,73,77,83)(H,70,74,78,84). The van der Waals surface area contributed by atoms with Crippen LogP contribution in [0.4, 0.5) is 42.4 Å². The van der Waals surface area contributed by atoms with Gasteiger partial charge in [-0.2, -0.15) is 0 Å². The van der Waals surface area contributed by atoms with Gasteiger partial charge >= 0.3 is 24.4 Å². The molecule has 4 amide bonds. The van der Waals surface area contributed by atoms with E-state index in [9.17, 15) is 19.2 Å². The minimum Gasteiger partial charge on any atom is -0.449 e. The van der Waals surface area contributed by atoms with Crippen LogP contribution in [0.1, 0.15) is 59.6 Å². The number of aromatic nitrogens is 8. The molecule has 450 valence electrons. The average Bonchev–Trinajstić information content (AvgIpc) is 3.66. The molecule has 22 heteroatoms. The minimum atomic E-state index is -0.619. The zero-order valence-corrected chi connectivity index (χ0v) is 49.5. The summed E-state index contributed by atoms with van der Waals surface area (Å²) in [6, 6.07) is 46.3. The molecule has 10 rings (SSSR count). The van der Waals surface area contributed by atoms with Crippen molar-refractivity contribution in [1.82, 2.24) is 49.7 Å². The van der Waals surface area contributed by atoms with Crippen LogP contribution in [0.2, 0.25) is 0 Å². The Morgan fingerprint density at radius 1 is 0.341 bits per heavy atom. The SMILES string of the molecule is Cc1ccc2ccc(NC(=O)OCCCN(CCCOC(=O)Nc3ccc4ccc(C)nc4n3)Cc3cccc(-c4cccc(CN(CCCOC(=O)Nc5ccc6ccc(C)nc6n5)CCCOC(=O)Nc5ccc6ccc(C)nc6n5)c4)c3)nc2n1. The Labute approximate surface area is 508 Å². The molecule has 0 aliphatic carbocycles. The maximum atomic E-state index is 12.9. The van der Waals surface area contributed by atoms with Gasteiger partial charge in [-0.25, -0.2) is 59.0 Å². The van der Waals surface area contributed by atoms with Gasteiger partial charge in [-0.1, -0.05) is 36.4 Å². The highest BCUT2D eigenvalue weighted by Crippen LogP contribution is 2.25. The van der Waals surface area contributed by atoms with E-state index < -0.39 is 24.4 Å². The number of nitrogens with one attached hydrogen (secondary N) is 4. The van der Waals surface area contributed by atoms with E-state index >= 15 is 0 Å². The zero-order chi connectivity index (χ0) is 61.2. The largest absolute Gasteiger partial charge is 0.449 e. The molecule has 0 saturated carbocycles. The summed E-state index contributed by atoms with van der Waals surface area (Å²) < 4.78 is 22.4. The van der Waals surface area contributed by atoms with E-state index in [1.54, 1.807) is 24.3 Å². The summed E-state index contributed by atoms with van der Waals surface area (Å²) in [7, 11) is 0. The van der Waals surface area contributed by atoms with Gasteiger partial charge in [0.25, 0.3) is 0 Å². The van der Waals surface area contributed by atoms with Crippen molar-refractivity contribution in [1.29, 1.82) is 0 Å². The second kappa shape index (κ2) is 29.7. The fraction of sp³-hybridized carbons (Fsp3) is 0.273. The highest BCUT2D eigenvalue weighted by molar-refractivity contribution is 5.88. The third-order valence-electron chi connectivity index (χ3n) is 14.1. The molecule has 10 aromatic rings. The van der Waals surface area contributed by atoms with Crippen molar-refractivity contribution in [3.63, 3.8) is 0 Å². The first-order valence-electron chi connectivity index (χ1n) is 29.1. The molecular formula is C66H68N14O8. The van der Waals surface area contributed by atoms with Gasteiger partial charge in [0.05, 0.1) is 26.4 Å². The number of amides is 4. The average molecular weight is 1190 g/mol. The molecule has 0 fully saturated rings. The molecule has 0 bridgehead atoms. The zero-order valence-electron chi connectivity index (χ0n) is 49.5. The van der Waals surface area contributed by atoms with Crippen molar-refractivity contribution >= 4 is 91.8 Å². The molecule has 0 aliphatic heterocycles. The molecule has 0 unspecified atom stereocenters. The van der Waals surface area contributed by atoms with E-state index in [-0.39, 0.29) is 26.4 Å². The van der Waals surface area contributed by atoms with Gasteiger partial charge in [0.2, 0.25) is 0 Å². The number of rotatable bonds is 25. The van der Waals surface area contributed by atoms with Gasteiger partial charge in [-0.05, 0) is 185 Å². The molecule has 0 atom stereocenters. The lowest BCUT2D eigenvalue weighted by Gasteiger charge is -2.23. The van der Waals surface area contributed by atoms with E-state index in [4.69, 9.17) is 18.9 Å². The van der Waals surface area contributed by atoms with Crippen LogP contribution in [-0.4, -0.2) is 127 Å². The van der Waals surface area contributed by atoms with Crippen LogP contribution in [0.5, 0.6) is 0 Å². The fourth-order valence-electron chi connectivity index (χ4n) is 9.78. The molecule has 2 aromatic carbocycles. The summed E-state index contributed by atoms with van der Waals surface area (Å²) in [6.45, 7) is 11.5. The first-order chi connectivity index (χ1) is 42.8. The normalized spacial score (nSPS) is 11.3. The Morgan fingerprint density at radius 3 is 0.875 bits per heavy atom. The molecular weight excluding hydrogens is 1120 g/mol. The molecule has 0 saturated heterocycles. The smallest absolute Gasteiger partial charge is 0.412 e. The summed E-state index contributed by atoms with van der Waals surface area (Å²) >= 11 is 0. The number of hydrogen-bond acceptors (Lipinski definition) is 18. The van der Waals surface area contributed by atoms with E-state index in [0.29, 0.717) is 111 Å². The van der Waals surface area contributed by atoms with Gasteiger partial charge in [-0.3, -0.25) is 31.1 Å². The van der Waals surface area contributed by atoms with Gasteiger partial charge < -0.3 is 18.9 Å². The summed E-state index contributed by atoms with van der Waals surface area (Å²) in [5.74, 6) is 1.37. The van der Waals surface area contributed by atoms with Gasteiger partial charge in [0, 0.05) is 83.6 Å². The second-order valence-electron chi connectivity index (χ2n) is 21.2. The third-order valence-corrected chi connectivity index (χ3v) is 14.1. The summed E-state index contributed by atoms with van der Waals surface area (Å²) in [5, 5.41) is 14.3. The van der Waals surface area contributed by atoms with Crippen molar-refractivity contribution in [3.05, 3.63) is 179 Å². The summed E-state index contributed by atoms with van der Waals surface area (Å²) in [4.78, 5) is 91.9. The summed E-state index contributed by atoms with van der Waals surface area (Å²) in [5.41, 5.74) is 9.54. The minimum absolute atomic E-state index is 0.150. The number of hydrogen-bond donors (Lipinski definition) is 4. The number of ether oxygens (including phenoxy) is 4. The van der Waals surface area contributed by atoms with Crippen LogP contribution in [0, 0.1) is 27.7 Å². The molecule has 0 radical (unpaired) electrons. The number of benzene rings is 2. The van der Waals surface area contributed by atoms with Crippen LogP contribution < -0.4 is 21.3 Å². The Balaban J connectivity index is 0.762. The van der Waals surface area contributed by atoms with Crippen molar-refractivity contribution in [2.75, 3.05) is 73.9 Å². The Bertz CT molecular complexity index is 3640. The van der Waals surface area contributed by atoms with Crippen LogP contribution in [0.25, 0.3) is 55.3 Å². The van der Waals surface area contributed by atoms with Crippen LogP contribution >= 0.6 is 0 Å². The van der Waals surface area contributed by atoms with E-state index in [1.165, 1.54) is 0 Å². The predicted molar refractivity (Wildman–Crippen MR) is 338 cm³/mol. The van der Waals surface area contributed by atoms with Gasteiger partial charge in [0.15, 0.2) is 22.6 Å². The molecule has 88 heavy (non-hydrogen) atoms. The lowest BCUT2D eigenvalue weighted by atomic mass is 10.0. The predicted octanol–water partition coefficient (Wildman–Crippen LogP) is 12.5. The lowest BCUT2D eigenvalue weighted by Crippen LogP contribution is -2.28. The van der Waals surface area contributed by atoms with Crippen LogP contribution in [0.15, 0.2) is 146 Å². The molecule has 4 N–H and O–H groups in total. The molecule has 0 spiro atoms. The first kappa shape index (κ1) is 60.8. The van der Waals surface area contributed by atoms with E-state index in [1.807, 2.05) is 113 Å². The van der Waals surface area contributed by atoms with Crippen molar-refractivity contribution in [3.8, 4) is 11.1 Å². The Morgan fingerprint density at radius 2 is 0.602 bits per heavy atom. The highest BCUT2D eigenvalue weighted by atomic mass is 16.6. The summed E-state index contributed by atoms with van der Waals surface area (Å²) in [6.07, 6.45) is -0.367. The number of nitrogens with zero attached hydrogens (tertiary/aromatic N) is 10. The van der Waals surface area contributed by atoms with Gasteiger partial charge in [0.1, 0.15) is 23.3 Å². The maximum Gasteiger partial charge on any atom is 0.412 e. The molecule has 8 aromatic heterocycles. The number of anilines is 4. The second-order valence-corrected chi connectivity index (χ2v) is 21.2. The molecule has 0 aliphatic rings. The Kier molecular flexibility index (Phi) is 20.5.